The van der Waals surface area contributed by atoms with E-state index in [1.807, 2.05) is 0 Å². The normalized spacial score (nSPS) is 15.9. The summed E-state index contributed by atoms with van der Waals surface area (Å²) in [7, 11) is -3.73. The number of imide groups is 1. The minimum Gasteiger partial charge on any atom is -0.268 e. The van der Waals surface area contributed by atoms with Gasteiger partial charge in [-0.2, -0.15) is 0 Å². The number of carbonyl (C=O) groups is 2. The molecule has 0 unspecified atom stereocenters. The Hall–Kier alpha value is -2.43. The number of amides is 2. The monoisotopic (exact) mass is 546 g/mol. The fourth-order valence-corrected chi connectivity index (χ4v) is 7.10. The molecule has 10 heteroatoms. The lowest BCUT2D eigenvalue weighted by Gasteiger charge is -2.21. The lowest BCUT2D eigenvalue weighted by molar-refractivity contribution is -0.123. The van der Waals surface area contributed by atoms with Gasteiger partial charge in [-0.15, -0.1) is 11.3 Å². The molecular weight excluding hydrogens is 524 g/mol. The molecule has 0 aliphatic carbocycles. The molecule has 6 nitrogen and oxygen atoms in total. The molecule has 0 saturated carbocycles. The summed E-state index contributed by atoms with van der Waals surface area (Å²) < 4.78 is 29.2. The van der Waals surface area contributed by atoms with Crippen molar-refractivity contribution in [1.82, 2.24) is 9.62 Å². The van der Waals surface area contributed by atoms with Gasteiger partial charge in [0.25, 0.3) is 11.1 Å². The quantitative estimate of drug-likeness (QED) is 0.363. The molecule has 3 aromatic rings. The first kappa shape index (κ1) is 25.7. The second kappa shape index (κ2) is 9.91. The molecule has 2 aromatic carbocycles. The minimum absolute atomic E-state index is 0.124. The Kier molecular flexibility index (Phi) is 7.26. The highest BCUT2D eigenvalue weighted by Crippen LogP contribution is 2.35. The smallest absolute Gasteiger partial charge is 0.268 e. The highest BCUT2D eigenvalue weighted by atomic mass is 35.5. The molecule has 1 aromatic heterocycles. The van der Waals surface area contributed by atoms with Crippen molar-refractivity contribution in [3.05, 3.63) is 80.3 Å². The molecule has 1 aliphatic rings. The first-order chi connectivity index (χ1) is 16.4. The summed E-state index contributed by atoms with van der Waals surface area (Å²) in [4.78, 5) is 27.8. The van der Waals surface area contributed by atoms with Crippen LogP contribution in [0.1, 0.15) is 31.2 Å². The van der Waals surface area contributed by atoms with E-state index in [0.29, 0.717) is 20.4 Å². The van der Waals surface area contributed by atoms with Gasteiger partial charge in [0.15, 0.2) is 0 Å². The van der Waals surface area contributed by atoms with Crippen molar-refractivity contribution >= 4 is 61.9 Å². The Morgan fingerprint density at radius 1 is 1.00 bits per heavy atom. The molecule has 0 bridgehead atoms. The summed E-state index contributed by atoms with van der Waals surface area (Å²) in [6.07, 6.45) is 1.67. The summed E-state index contributed by atoms with van der Waals surface area (Å²) in [5.41, 5.74) is 1.42. The van der Waals surface area contributed by atoms with Gasteiger partial charge in [0, 0.05) is 16.0 Å². The average molecular weight is 547 g/mol. The van der Waals surface area contributed by atoms with E-state index in [-0.39, 0.29) is 22.6 Å². The first-order valence-corrected chi connectivity index (χ1v) is 14.2. The van der Waals surface area contributed by atoms with E-state index in [0.717, 1.165) is 22.2 Å². The van der Waals surface area contributed by atoms with E-state index < -0.39 is 15.6 Å². The molecule has 1 fully saturated rings. The molecule has 1 saturated heterocycles. The number of hydrogen-bond acceptors (Lipinski definition) is 6. The van der Waals surface area contributed by atoms with Crippen molar-refractivity contribution in [2.75, 3.05) is 0 Å². The Morgan fingerprint density at radius 2 is 1.69 bits per heavy atom. The molecule has 182 valence electrons. The number of carbonyl (C=O) groups excluding carboxylic acids is 2. The van der Waals surface area contributed by atoms with Gasteiger partial charge in [-0.1, -0.05) is 54.1 Å². The average Bonchev–Trinajstić information content (AvgIpc) is 3.30. The van der Waals surface area contributed by atoms with Crippen molar-refractivity contribution in [2.45, 2.75) is 37.8 Å². The van der Waals surface area contributed by atoms with Crippen LogP contribution in [0.3, 0.4) is 0 Å². The summed E-state index contributed by atoms with van der Waals surface area (Å²) in [5.74, 6) is -0.349. The summed E-state index contributed by atoms with van der Waals surface area (Å²) in [6.45, 7) is 5.49. The van der Waals surface area contributed by atoms with Crippen molar-refractivity contribution in [3.63, 3.8) is 0 Å². The third-order valence-corrected chi connectivity index (χ3v) is 8.87. The van der Waals surface area contributed by atoms with Crippen molar-refractivity contribution in [1.29, 1.82) is 0 Å². The number of halogens is 1. The Morgan fingerprint density at radius 3 is 2.31 bits per heavy atom. The number of nitrogens with one attached hydrogen (secondary N) is 1. The second-order valence-electron chi connectivity index (χ2n) is 8.96. The van der Waals surface area contributed by atoms with Crippen molar-refractivity contribution < 1.29 is 18.0 Å². The van der Waals surface area contributed by atoms with Crippen LogP contribution in [0, 0.1) is 0 Å². The SMILES string of the molecule is CC(C)(C)NS(=O)(=O)c1ccccc1-c1ccc(CN2C(=O)S/C(=C\c3ccc(Cl)s3)C2=O)cc1. The van der Waals surface area contributed by atoms with E-state index >= 15 is 0 Å². The zero-order valence-corrected chi connectivity index (χ0v) is 22.4. The molecule has 1 N–H and O–H groups in total. The Labute approximate surface area is 218 Å². The fourth-order valence-electron chi connectivity index (χ4n) is 3.54. The van der Waals surface area contributed by atoms with Crippen LogP contribution in [0.15, 0.2) is 70.5 Å². The minimum atomic E-state index is -3.73. The predicted molar refractivity (Wildman–Crippen MR) is 143 cm³/mol. The number of hydrogen-bond donors (Lipinski definition) is 1. The molecule has 0 radical (unpaired) electrons. The zero-order chi connectivity index (χ0) is 25.4. The number of nitrogens with zero attached hydrogens (tertiary/aromatic N) is 1. The highest BCUT2D eigenvalue weighted by molar-refractivity contribution is 8.18. The lowest BCUT2D eigenvalue weighted by Crippen LogP contribution is -2.40. The van der Waals surface area contributed by atoms with E-state index in [1.165, 1.54) is 16.2 Å². The topological polar surface area (TPSA) is 83.6 Å². The molecule has 1 aliphatic heterocycles. The van der Waals surface area contributed by atoms with E-state index in [4.69, 9.17) is 11.6 Å². The molecule has 0 atom stereocenters. The van der Waals surface area contributed by atoms with E-state index in [1.54, 1.807) is 87.5 Å². The van der Waals surface area contributed by atoms with Crippen LogP contribution >= 0.6 is 34.7 Å². The highest BCUT2D eigenvalue weighted by Gasteiger charge is 2.35. The van der Waals surface area contributed by atoms with E-state index in [9.17, 15) is 18.0 Å². The van der Waals surface area contributed by atoms with Gasteiger partial charge in [-0.05, 0) is 67.9 Å². The fraction of sp³-hybridized carbons (Fsp3) is 0.200. The van der Waals surface area contributed by atoms with Gasteiger partial charge in [-0.25, -0.2) is 13.1 Å². The number of thiophene rings is 1. The van der Waals surface area contributed by atoms with E-state index in [2.05, 4.69) is 4.72 Å². The zero-order valence-electron chi connectivity index (χ0n) is 19.2. The standard InChI is InChI=1S/C25H23ClN2O4S3/c1-25(2,3)27-35(31,32)21-7-5-4-6-19(21)17-10-8-16(9-11-17)15-28-23(29)20(34-24(28)30)14-18-12-13-22(26)33-18/h4-14,27H,15H2,1-3H3/b20-14-. The largest absolute Gasteiger partial charge is 0.293 e. The van der Waals surface area contributed by atoms with Crippen molar-refractivity contribution in [2.24, 2.45) is 0 Å². The maximum absolute atomic E-state index is 13.0. The van der Waals surface area contributed by atoms with Gasteiger partial charge in [-0.3, -0.25) is 14.5 Å². The third-order valence-electron chi connectivity index (χ3n) is 4.96. The molecule has 2 heterocycles. The van der Waals surface area contributed by atoms with Crippen LogP contribution in [0.25, 0.3) is 17.2 Å². The third kappa shape index (κ3) is 6.05. The lowest BCUT2D eigenvalue weighted by atomic mass is 10.0. The van der Waals surface area contributed by atoms with Crippen LogP contribution in [0.2, 0.25) is 4.34 Å². The van der Waals surface area contributed by atoms with Crippen LogP contribution in [0.5, 0.6) is 0 Å². The first-order valence-electron chi connectivity index (χ1n) is 10.7. The molecule has 2 amide bonds. The molecule has 35 heavy (non-hydrogen) atoms. The van der Waals surface area contributed by atoms with Crippen LogP contribution < -0.4 is 4.72 Å². The number of sulfonamides is 1. The van der Waals surface area contributed by atoms with Crippen LogP contribution in [0.4, 0.5) is 4.79 Å². The molecule has 0 spiro atoms. The van der Waals surface area contributed by atoms with Crippen molar-refractivity contribution in [3.8, 4) is 11.1 Å². The van der Waals surface area contributed by atoms with Crippen LogP contribution in [-0.4, -0.2) is 30.0 Å². The van der Waals surface area contributed by atoms with Gasteiger partial charge in [0.05, 0.1) is 20.7 Å². The molecular formula is C25H23ClN2O4S3. The van der Waals surface area contributed by atoms with Gasteiger partial charge < -0.3 is 0 Å². The summed E-state index contributed by atoms with van der Waals surface area (Å²) in [6, 6.07) is 17.5. The van der Waals surface area contributed by atoms with Gasteiger partial charge >= 0.3 is 0 Å². The number of rotatable bonds is 6. The maximum Gasteiger partial charge on any atom is 0.293 e. The molecule has 4 rings (SSSR count). The maximum atomic E-state index is 13.0. The summed E-state index contributed by atoms with van der Waals surface area (Å²) in [5, 5.41) is -0.335. The number of thioether (sulfide) groups is 1. The Balaban J connectivity index is 1.54. The Bertz CT molecular complexity index is 1420. The van der Waals surface area contributed by atoms with Crippen LogP contribution in [-0.2, 0) is 21.4 Å². The summed E-state index contributed by atoms with van der Waals surface area (Å²) >= 11 is 8.19. The van der Waals surface area contributed by atoms with Gasteiger partial charge in [0.1, 0.15) is 0 Å². The van der Waals surface area contributed by atoms with Gasteiger partial charge in [0.2, 0.25) is 10.0 Å². The number of benzene rings is 2. The second-order valence-corrected chi connectivity index (χ2v) is 13.3. The predicted octanol–water partition coefficient (Wildman–Crippen LogP) is 6.38.